The molecule has 0 saturated carbocycles. The van der Waals surface area contributed by atoms with E-state index in [9.17, 15) is 24.9 Å². The molecule has 0 unspecified atom stereocenters. The monoisotopic (exact) mass is 342 g/mol. The number of anilines is 1. The first-order chi connectivity index (χ1) is 11.7. The van der Waals surface area contributed by atoms with Crippen molar-refractivity contribution in [2.24, 2.45) is 0 Å². The number of fused-ring (bicyclic) bond motifs is 5. The minimum Gasteiger partial charge on any atom is -0.504 e. The van der Waals surface area contributed by atoms with Crippen molar-refractivity contribution in [2.45, 2.75) is 18.2 Å². The van der Waals surface area contributed by atoms with Gasteiger partial charge in [0.05, 0.1) is 5.56 Å². The third-order valence-corrected chi connectivity index (χ3v) is 4.64. The molecule has 128 valence electrons. The van der Waals surface area contributed by atoms with Crippen molar-refractivity contribution in [1.29, 1.82) is 0 Å². The van der Waals surface area contributed by atoms with Crippen molar-refractivity contribution in [2.75, 3.05) is 5.73 Å². The number of ether oxygens (including phenoxy) is 1. The summed E-state index contributed by atoms with van der Waals surface area (Å²) in [6.45, 7) is 1.19. The molecule has 0 saturated heterocycles. The second-order valence-corrected chi connectivity index (χ2v) is 6.11. The Morgan fingerprint density at radius 2 is 1.88 bits per heavy atom. The fourth-order valence-corrected chi connectivity index (χ4v) is 3.65. The average molecular weight is 342 g/mol. The van der Waals surface area contributed by atoms with Crippen molar-refractivity contribution >= 4 is 17.4 Å². The number of aromatic hydroxyl groups is 2. The van der Waals surface area contributed by atoms with Crippen molar-refractivity contribution < 1.29 is 29.6 Å². The van der Waals surface area contributed by atoms with Gasteiger partial charge in [0.2, 0.25) is 17.2 Å². The Kier molecular flexibility index (Phi) is 2.70. The van der Waals surface area contributed by atoms with Gasteiger partial charge in [-0.2, -0.15) is 0 Å². The van der Waals surface area contributed by atoms with Crippen LogP contribution in [-0.4, -0.2) is 27.0 Å². The van der Waals surface area contributed by atoms with Gasteiger partial charge in [0, 0.05) is 29.8 Å². The van der Waals surface area contributed by atoms with E-state index < -0.39 is 34.5 Å². The molecule has 4 rings (SSSR count). The standard InChI is InChI=1S/C17H14N2O6/c1-7(20)19-16-9-5-11(21)12(22)6-13(9)25-17(16,24)8-3-2-4-10(18)14(8)15(16)23/h2-6,21-22,24H,18H2,1H3,(H,19,20)/t16-,17-/m0/s1. The second-order valence-electron chi connectivity index (χ2n) is 6.11. The van der Waals surface area contributed by atoms with E-state index in [2.05, 4.69) is 5.32 Å². The minimum absolute atomic E-state index is 0.0288. The molecule has 1 heterocycles. The normalized spacial score (nSPS) is 25.8. The fourth-order valence-electron chi connectivity index (χ4n) is 3.65. The van der Waals surface area contributed by atoms with Crippen LogP contribution in [0.15, 0.2) is 30.3 Å². The number of ketones is 1. The summed E-state index contributed by atoms with van der Waals surface area (Å²) in [4.78, 5) is 25.1. The van der Waals surface area contributed by atoms with Crippen molar-refractivity contribution in [3.8, 4) is 17.2 Å². The molecule has 0 bridgehead atoms. The molecule has 1 aliphatic heterocycles. The Morgan fingerprint density at radius 3 is 2.56 bits per heavy atom. The largest absolute Gasteiger partial charge is 0.504 e. The number of carbonyl (C=O) groups excluding carboxylic acids is 2. The lowest BCUT2D eigenvalue weighted by Crippen LogP contribution is -2.59. The van der Waals surface area contributed by atoms with Crippen LogP contribution in [0, 0.1) is 0 Å². The zero-order valence-electron chi connectivity index (χ0n) is 13.0. The van der Waals surface area contributed by atoms with Gasteiger partial charge in [-0.25, -0.2) is 0 Å². The number of Topliss-reactive ketones (excluding diaryl/α,β-unsaturated/α-hetero) is 1. The van der Waals surface area contributed by atoms with Crippen molar-refractivity contribution in [3.63, 3.8) is 0 Å². The summed E-state index contributed by atoms with van der Waals surface area (Å²) in [7, 11) is 0. The maximum absolute atomic E-state index is 13.2. The van der Waals surface area contributed by atoms with Crippen LogP contribution in [0.1, 0.15) is 28.4 Å². The smallest absolute Gasteiger partial charge is 0.271 e. The maximum Gasteiger partial charge on any atom is 0.271 e. The third kappa shape index (κ3) is 1.59. The molecule has 0 fully saturated rings. The van der Waals surface area contributed by atoms with E-state index in [4.69, 9.17) is 10.5 Å². The number of nitrogen functional groups attached to an aromatic ring is 1. The summed E-state index contributed by atoms with van der Waals surface area (Å²) in [5.41, 5.74) is 4.18. The number of rotatable bonds is 1. The van der Waals surface area contributed by atoms with Gasteiger partial charge in [-0.15, -0.1) is 0 Å². The summed E-state index contributed by atoms with van der Waals surface area (Å²) in [5.74, 6) is -4.56. The van der Waals surface area contributed by atoms with Gasteiger partial charge in [-0.05, 0) is 12.1 Å². The first kappa shape index (κ1) is 15.3. The van der Waals surface area contributed by atoms with E-state index in [1.54, 1.807) is 6.07 Å². The van der Waals surface area contributed by atoms with Gasteiger partial charge < -0.3 is 31.1 Å². The number of amides is 1. The highest BCUT2D eigenvalue weighted by atomic mass is 16.6. The average Bonchev–Trinajstić information content (AvgIpc) is 2.86. The molecule has 2 atom stereocenters. The topological polar surface area (TPSA) is 142 Å². The molecule has 25 heavy (non-hydrogen) atoms. The number of benzene rings is 2. The van der Waals surface area contributed by atoms with Gasteiger partial charge in [0.1, 0.15) is 5.75 Å². The van der Waals surface area contributed by atoms with Crippen LogP contribution >= 0.6 is 0 Å². The number of hydrogen-bond donors (Lipinski definition) is 5. The van der Waals surface area contributed by atoms with Crippen LogP contribution < -0.4 is 15.8 Å². The Morgan fingerprint density at radius 1 is 1.20 bits per heavy atom. The molecule has 0 spiro atoms. The van der Waals surface area contributed by atoms with Crippen LogP contribution in [0.3, 0.4) is 0 Å². The Hall–Kier alpha value is -3.26. The molecule has 8 heteroatoms. The van der Waals surface area contributed by atoms with Crippen LogP contribution in [0.4, 0.5) is 5.69 Å². The molecule has 0 aromatic heterocycles. The number of nitrogens with two attached hydrogens (primary N) is 1. The highest BCUT2D eigenvalue weighted by Crippen LogP contribution is 2.60. The van der Waals surface area contributed by atoms with Crippen LogP contribution in [0.25, 0.3) is 0 Å². The zero-order chi connectivity index (χ0) is 18.1. The minimum atomic E-state index is -2.26. The molecule has 0 radical (unpaired) electrons. The summed E-state index contributed by atoms with van der Waals surface area (Å²) in [6, 6.07) is 6.67. The molecule has 6 N–H and O–H groups in total. The molecule has 8 nitrogen and oxygen atoms in total. The van der Waals surface area contributed by atoms with Crippen LogP contribution in [-0.2, 0) is 16.1 Å². The van der Waals surface area contributed by atoms with E-state index >= 15 is 0 Å². The number of carbonyl (C=O) groups is 2. The van der Waals surface area contributed by atoms with E-state index in [-0.39, 0.29) is 28.1 Å². The molecule has 2 aromatic carbocycles. The molecule has 2 aromatic rings. The molecule has 2 aliphatic rings. The van der Waals surface area contributed by atoms with Gasteiger partial charge in [-0.1, -0.05) is 12.1 Å². The zero-order valence-corrected chi connectivity index (χ0v) is 13.0. The van der Waals surface area contributed by atoms with Crippen molar-refractivity contribution in [3.05, 3.63) is 47.0 Å². The number of hydrogen-bond acceptors (Lipinski definition) is 7. The van der Waals surface area contributed by atoms with Crippen LogP contribution in [0.5, 0.6) is 17.2 Å². The molecular formula is C17H14N2O6. The summed E-state index contributed by atoms with van der Waals surface area (Å²) in [5, 5.41) is 33.3. The van der Waals surface area contributed by atoms with Gasteiger partial charge >= 0.3 is 0 Å². The summed E-state index contributed by atoms with van der Waals surface area (Å²) in [6.07, 6.45) is 0. The SMILES string of the molecule is CC(=O)N[C@@]12C(=O)c3c(N)cccc3[C@]1(O)Oc1cc(O)c(O)cc12. The number of phenols is 2. The van der Waals surface area contributed by atoms with Gasteiger partial charge in [0.15, 0.2) is 11.5 Å². The Balaban J connectivity index is 2.10. The van der Waals surface area contributed by atoms with Gasteiger partial charge in [-0.3, -0.25) is 9.59 Å². The second kappa shape index (κ2) is 4.42. The van der Waals surface area contributed by atoms with Crippen molar-refractivity contribution in [1.82, 2.24) is 5.32 Å². The Bertz CT molecular complexity index is 972. The summed E-state index contributed by atoms with van der Waals surface area (Å²) < 4.78 is 5.60. The van der Waals surface area contributed by atoms with E-state index in [0.717, 1.165) is 12.1 Å². The van der Waals surface area contributed by atoms with E-state index in [1.165, 1.54) is 19.1 Å². The van der Waals surface area contributed by atoms with E-state index in [1.807, 2.05) is 0 Å². The first-order valence-electron chi connectivity index (χ1n) is 7.42. The lowest BCUT2D eigenvalue weighted by atomic mass is 9.82. The quantitative estimate of drug-likeness (QED) is 0.374. The number of aliphatic hydroxyl groups is 1. The molecule has 1 amide bonds. The highest BCUT2D eigenvalue weighted by molar-refractivity contribution is 6.15. The predicted molar refractivity (Wildman–Crippen MR) is 85.0 cm³/mol. The van der Waals surface area contributed by atoms with Crippen LogP contribution in [0.2, 0.25) is 0 Å². The lowest BCUT2D eigenvalue weighted by molar-refractivity contribution is -0.175. The first-order valence-corrected chi connectivity index (χ1v) is 7.42. The lowest BCUT2D eigenvalue weighted by Gasteiger charge is -2.34. The molecule has 1 aliphatic carbocycles. The number of phenolic OH excluding ortho intramolecular Hbond substituents is 2. The third-order valence-electron chi connectivity index (χ3n) is 4.64. The summed E-state index contributed by atoms with van der Waals surface area (Å²) >= 11 is 0. The highest BCUT2D eigenvalue weighted by Gasteiger charge is 2.72. The molecular weight excluding hydrogens is 328 g/mol. The Labute approximate surface area is 141 Å². The van der Waals surface area contributed by atoms with E-state index in [0.29, 0.717) is 0 Å². The van der Waals surface area contributed by atoms with Gasteiger partial charge in [0.25, 0.3) is 5.79 Å². The fraction of sp³-hybridized carbons (Fsp3) is 0.176. The predicted octanol–water partition coefficient (Wildman–Crippen LogP) is 0.445. The maximum atomic E-state index is 13.2. The number of nitrogens with one attached hydrogen (secondary N) is 1.